The molecule has 0 N–H and O–H groups in total. The molecule has 0 saturated carbocycles. The van der Waals surface area contributed by atoms with Gasteiger partial charge in [0.05, 0.1) is 0 Å². The van der Waals surface area contributed by atoms with Gasteiger partial charge >= 0.3 is 0 Å². The molecular weight excluding hydrogens is 496 g/mol. The van der Waals surface area contributed by atoms with E-state index in [1.165, 1.54) is 26.3 Å². The van der Waals surface area contributed by atoms with E-state index in [9.17, 15) is 0 Å². The lowest BCUT2D eigenvalue weighted by molar-refractivity contribution is 1.59. The summed E-state index contributed by atoms with van der Waals surface area (Å²) in [7, 11) is -2.59. The van der Waals surface area contributed by atoms with Gasteiger partial charge in [0.2, 0.25) is 0 Å². The second-order valence-corrected chi connectivity index (χ2v) is 13.7. The van der Waals surface area contributed by atoms with Crippen molar-refractivity contribution >= 4 is 40.4 Å². The average molecular weight is 523 g/mol. The maximum atomic E-state index is 6.94. The number of benzene rings is 6. The van der Waals surface area contributed by atoms with Gasteiger partial charge in [-0.25, -0.2) is 0 Å². The fourth-order valence-electron chi connectivity index (χ4n) is 5.54. The minimum Gasteiger partial charge on any atom is -0.0836 e. The van der Waals surface area contributed by atoms with Crippen molar-refractivity contribution in [3.63, 3.8) is 0 Å². The summed E-state index contributed by atoms with van der Waals surface area (Å²) in [5.74, 6) is 0. The topological polar surface area (TPSA) is 0 Å². The van der Waals surface area contributed by atoms with Crippen LogP contribution in [-0.4, -0.2) is 8.07 Å². The summed E-state index contributed by atoms with van der Waals surface area (Å²) in [6.07, 6.45) is 0. The molecule has 0 radical (unpaired) electrons. The predicted octanol–water partition coefficient (Wildman–Crippen LogP) is 7.05. The Morgan fingerprint density at radius 1 is 0.342 bits per heavy atom. The van der Waals surface area contributed by atoms with Gasteiger partial charge in [0.1, 0.15) is 0 Å². The summed E-state index contributed by atoms with van der Waals surface area (Å²) in [6.45, 7) is 0. The number of halogens is 1. The Bertz CT molecular complexity index is 1550. The number of hydrogen-bond acceptors (Lipinski definition) is 0. The summed E-state index contributed by atoms with van der Waals surface area (Å²) in [5.41, 5.74) is 4.47. The molecule has 0 bridgehead atoms. The lowest BCUT2D eigenvalue weighted by Crippen LogP contribution is -2.74. The minimum atomic E-state index is -2.59. The highest BCUT2D eigenvalue weighted by Gasteiger charge is 2.41. The summed E-state index contributed by atoms with van der Waals surface area (Å²) in [6, 6.07) is 58.8. The molecule has 6 aromatic carbocycles. The zero-order valence-corrected chi connectivity index (χ0v) is 22.7. The molecule has 0 amide bonds. The molecule has 0 aliphatic heterocycles. The Hall–Kier alpha value is -4.17. The molecule has 0 atom stereocenters. The molecule has 2 heteroatoms. The molecule has 6 rings (SSSR count). The van der Waals surface area contributed by atoms with E-state index in [1.807, 2.05) is 6.07 Å². The smallest absolute Gasteiger partial charge is 0.0836 e. The van der Waals surface area contributed by atoms with E-state index in [2.05, 4.69) is 158 Å². The van der Waals surface area contributed by atoms with Crippen LogP contribution in [0.4, 0.5) is 0 Å². The summed E-state index contributed by atoms with van der Waals surface area (Å²) in [4.78, 5) is 0. The highest BCUT2D eigenvalue weighted by atomic mass is 35.5. The van der Waals surface area contributed by atoms with Crippen LogP contribution in [-0.2, 0) is 0 Å². The first-order chi connectivity index (χ1) is 18.8. The minimum absolute atomic E-state index is 0.759. The van der Waals surface area contributed by atoms with Crippen molar-refractivity contribution in [1.82, 2.24) is 0 Å². The molecular formula is C36H27ClSi. The van der Waals surface area contributed by atoms with E-state index >= 15 is 0 Å². The van der Waals surface area contributed by atoms with Crippen LogP contribution in [0.15, 0.2) is 164 Å². The first-order valence-electron chi connectivity index (χ1n) is 12.9. The molecule has 0 spiro atoms. The van der Waals surface area contributed by atoms with Crippen molar-refractivity contribution in [2.45, 2.75) is 0 Å². The third-order valence-corrected chi connectivity index (χ3v) is 12.4. The van der Waals surface area contributed by atoms with Gasteiger partial charge in [-0.15, -0.1) is 0 Å². The molecule has 182 valence electrons. The van der Waals surface area contributed by atoms with Crippen LogP contribution in [0.25, 0.3) is 22.3 Å². The van der Waals surface area contributed by atoms with E-state index in [0.717, 1.165) is 21.7 Å². The van der Waals surface area contributed by atoms with Crippen LogP contribution in [0.2, 0.25) is 5.02 Å². The quantitative estimate of drug-likeness (QED) is 0.162. The standard InChI is InChI=1S/C36H27ClSi/c37-36-27-29(28-14-5-1-6-15-28)24-25-35(36)30-16-13-23-34(26-30)38(31-17-7-2-8-18-31,32-19-9-3-10-20-32)33-21-11-4-12-22-33/h1-27H. The Labute approximate surface area is 230 Å². The van der Waals surface area contributed by atoms with Crippen LogP contribution in [0.5, 0.6) is 0 Å². The predicted molar refractivity (Wildman–Crippen MR) is 166 cm³/mol. The molecule has 0 nitrogen and oxygen atoms in total. The highest BCUT2D eigenvalue weighted by Crippen LogP contribution is 2.32. The Balaban J connectivity index is 1.57. The molecule has 0 fully saturated rings. The monoisotopic (exact) mass is 522 g/mol. The molecule has 6 aromatic rings. The molecule has 0 unspecified atom stereocenters. The molecule has 0 aliphatic carbocycles. The SMILES string of the molecule is Clc1cc(-c2ccccc2)ccc1-c1cccc([Si](c2ccccc2)(c2ccccc2)c2ccccc2)c1. The Kier molecular flexibility index (Phi) is 6.79. The molecule has 0 saturated heterocycles. The summed E-state index contributed by atoms with van der Waals surface area (Å²) < 4.78 is 0. The molecule has 0 heterocycles. The van der Waals surface area contributed by atoms with E-state index in [1.54, 1.807) is 0 Å². The van der Waals surface area contributed by atoms with Crippen molar-refractivity contribution in [3.8, 4) is 22.3 Å². The maximum Gasteiger partial charge on any atom is 0.179 e. The van der Waals surface area contributed by atoms with Gasteiger partial charge in [0.15, 0.2) is 8.07 Å². The van der Waals surface area contributed by atoms with Gasteiger partial charge in [0, 0.05) is 10.6 Å². The van der Waals surface area contributed by atoms with E-state index in [4.69, 9.17) is 11.6 Å². The summed E-state index contributed by atoms with van der Waals surface area (Å²) >= 11 is 6.94. The van der Waals surface area contributed by atoms with Crippen LogP contribution in [0.1, 0.15) is 0 Å². The lowest BCUT2D eigenvalue weighted by Gasteiger charge is -2.34. The first kappa shape index (κ1) is 24.2. The average Bonchev–Trinajstić information content (AvgIpc) is 3.00. The third-order valence-electron chi connectivity index (χ3n) is 7.30. The fourth-order valence-corrected chi connectivity index (χ4v) is 10.6. The van der Waals surface area contributed by atoms with Crippen molar-refractivity contribution < 1.29 is 0 Å². The van der Waals surface area contributed by atoms with Gasteiger partial charge in [-0.2, -0.15) is 0 Å². The molecule has 38 heavy (non-hydrogen) atoms. The van der Waals surface area contributed by atoms with E-state index in [-0.39, 0.29) is 0 Å². The molecule has 0 aromatic heterocycles. The van der Waals surface area contributed by atoms with Crippen molar-refractivity contribution in [1.29, 1.82) is 0 Å². The normalized spacial score (nSPS) is 11.3. The van der Waals surface area contributed by atoms with Crippen molar-refractivity contribution in [2.75, 3.05) is 0 Å². The fraction of sp³-hybridized carbons (Fsp3) is 0. The van der Waals surface area contributed by atoms with E-state index < -0.39 is 8.07 Å². The third kappa shape index (κ3) is 4.41. The van der Waals surface area contributed by atoms with Gasteiger partial charge < -0.3 is 0 Å². The van der Waals surface area contributed by atoms with Gasteiger partial charge in [-0.05, 0) is 43.5 Å². The van der Waals surface area contributed by atoms with Crippen molar-refractivity contribution in [3.05, 3.63) is 169 Å². The van der Waals surface area contributed by atoms with Crippen LogP contribution in [0, 0.1) is 0 Å². The summed E-state index contributed by atoms with van der Waals surface area (Å²) in [5, 5.41) is 6.18. The van der Waals surface area contributed by atoms with Crippen LogP contribution >= 0.6 is 11.6 Å². The van der Waals surface area contributed by atoms with E-state index in [0.29, 0.717) is 0 Å². The van der Waals surface area contributed by atoms with Crippen molar-refractivity contribution in [2.24, 2.45) is 0 Å². The molecule has 0 aliphatic rings. The second kappa shape index (κ2) is 10.7. The highest BCUT2D eigenvalue weighted by molar-refractivity contribution is 7.19. The number of rotatable bonds is 6. The number of hydrogen-bond donors (Lipinski definition) is 0. The zero-order chi connectivity index (χ0) is 25.8. The zero-order valence-electron chi connectivity index (χ0n) is 21.0. The second-order valence-electron chi connectivity index (χ2n) is 9.49. The largest absolute Gasteiger partial charge is 0.179 e. The van der Waals surface area contributed by atoms with Crippen LogP contribution < -0.4 is 20.7 Å². The Morgan fingerprint density at radius 3 is 1.29 bits per heavy atom. The first-order valence-corrected chi connectivity index (χ1v) is 15.3. The maximum absolute atomic E-state index is 6.94. The lowest BCUT2D eigenvalue weighted by atomic mass is 10.0. The van der Waals surface area contributed by atoms with Gasteiger partial charge in [0.25, 0.3) is 0 Å². The van der Waals surface area contributed by atoms with Crippen LogP contribution in [0.3, 0.4) is 0 Å². The van der Waals surface area contributed by atoms with Gasteiger partial charge in [-0.1, -0.05) is 169 Å². The Morgan fingerprint density at radius 2 is 0.789 bits per heavy atom. The van der Waals surface area contributed by atoms with Gasteiger partial charge in [-0.3, -0.25) is 0 Å².